The van der Waals surface area contributed by atoms with Crippen LogP contribution in [-0.2, 0) is 26.6 Å². The van der Waals surface area contributed by atoms with Gasteiger partial charge >= 0.3 is 0 Å². The summed E-state index contributed by atoms with van der Waals surface area (Å²) in [5.41, 5.74) is 7.79. The molecule has 7 heteroatoms. The minimum absolute atomic E-state index is 0.586. The van der Waals surface area contributed by atoms with Crippen LogP contribution in [0.2, 0.25) is 0 Å². The van der Waals surface area contributed by atoms with Crippen LogP contribution >= 0.6 is 0 Å². The lowest BCUT2D eigenvalue weighted by atomic mass is 10.2. The lowest BCUT2D eigenvalue weighted by molar-refractivity contribution is 0.699. The van der Waals surface area contributed by atoms with Crippen molar-refractivity contribution < 1.29 is 0 Å². The lowest BCUT2D eigenvalue weighted by Gasteiger charge is -2.08. The second-order valence-corrected chi connectivity index (χ2v) is 4.47. The quantitative estimate of drug-likeness (QED) is 0.817. The molecule has 0 unspecified atom stereocenters. The van der Waals surface area contributed by atoms with Crippen LogP contribution in [0.5, 0.6) is 0 Å². The fourth-order valence-corrected chi connectivity index (χ4v) is 2.07. The first-order valence-electron chi connectivity index (χ1n) is 6.59. The van der Waals surface area contributed by atoms with Crippen molar-refractivity contribution in [2.45, 2.75) is 39.8 Å². The van der Waals surface area contributed by atoms with Crippen molar-refractivity contribution in [3.63, 3.8) is 0 Å². The molecule has 0 saturated heterocycles. The molecule has 2 aromatic rings. The van der Waals surface area contributed by atoms with Gasteiger partial charge in [0.05, 0.1) is 17.9 Å². The topological polar surface area (TPSA) is 86.6 Å². The molecular formula is C12H21N7. The summed E-state index contributed by atoms with van der Waals surface area (Å²) in [4.78, 5) is 0. The average Bonchev–Trinajstić information content (AvgIpc) is 2.94. The van der Waals surface area contributed by atoms with Gasteiger partial charge in [-0.15, -0.1) is 10.2 Å². The third-order valence-corrected chi connectivity index (χ3v) is 3.10. The van der Waals surface area contributed by atoms with E-state index in [0.717, 1.165) is 42.4 Å². The molecule has 0 aliphatic carbocycles. The Bertz CT molecular complexity index is 540. The molecule has 7 nitrogen and oxygen atoms in total. The number of aryl methyl sites for hydroxylation is 3. The van der Waals surface area contributed by atoms with E-state index < -0.39 is 0 Å². The zero-order chi connectivity index (χ0) is 13.8. The van der Waals surface area contributed by atoms with Gasteiger partial charge in [-0.3, -0.25) is 4.68 Å². The molecule has 0 amide bonds. The maximum Gasteiger partial charge on any atom is 0.152 e. The molecule has 2 heterocycles. The maximum atomic E-state index is 6.11. The summed E-state index contributed by atoms with van der Waals surface area (Å²) >= 11 is 0. The Labute approximate surface area is 112 Å². The van der Waals surface area contributed by atoms with Gasteiger partial charge in [-0.1, -0.05) is 13.3 Å². The molecule has 0 bridgehead atoms. The first kappa shape index (κ1) is 13.4. The van der Waals surface area contributed by atoms with Crippen molar-refractivity contribution in [2.24, 2.45) is 7.05 Å². The monoisotopic (exact) mass is 263 g/mol. The molecule has 2 rings (SSSR count). The summed E-state index contributed by atoms with van der Waals surface area (Å²) in [6.45, 7) is 5.62. The van der Waals surface area contributed by atoms with E-state index in [1.807, 2.05) is 11.6 Å². The standard InChI is InChI=1S/C12H21N7/c1-4-6-9-11(13)12(18(3)17-9)14-7-10-16-15-8-19(10)5-2/h8,14H,4-7,13H2,1-3H3. The summed E-state index contributed by atoms with van der Waals surface area (Å²) in [5.74, 6) is 1.73. The fraction of sp³-hybridized carbons (Fsp3) is 0.583. The number of anilines is 2. The van der Waals surface area contributed by atoms with Crippen molar-refractivity contribution in [3.05, 3.63) is 17.8 Å². The minimum Gasteiger partial charge on any atom is -0.394 e. The average molecular weight is 263 g/mol. The first-order valence-corrected chi connectivity index (χ1v) is 6.59. The third kappa shape index (κ3) is 2.69. The van der Waals surface area contributed by atoms with Crippen molar-refractivity contribution in [3.8, 4) is 0 Å². The van der Waals surface area contributed by atoms with Crippen LogP contribution in [0.1, 0.15) is 31.8 Å². The van der Waals surface area contributed by atoms with Crippen LogP contribution in [0.15, 0.2) is 6.33 Å². The minimum atomic E-state index is 0.586. The summed E-state index contributed by atoms with van der Waals surface area (Å²) in [6.07, 6.45) is 3.66. The third-order valence-electron chi connectivity index (χ3n) is 3.10. The van der Waals surface area contributed by atoms with E-state index >= 15 is 0 Å². The molecular weight excluding hydrogens is 242 g/mol. The van der Waals surface area contributed by atoms with E-state index in [1.54, 1.807) is 11.0 Å². The molecule has 0 aliphatic heterocycles. The number of rotatable bonds is 6. The normalized spacial score (nSPS) is 10.9. The van der Waals surface area contributed by atoms with Gasteiger partial charge in [0.25, 0.3) is 0 Å². The van der Waals surface area contributed by atoms with E-state index in [1.165, 1.54) is 0 Å². The molecule has 0 spiro atoms. The number of aromatic nitrogens is 5. The van der Waals surface area contributed by atoms with Crippen LogP contribution in [0.4, 0.5) is 11.5 Å². The van der Waals surface area contributed by atoms with Gasteiger partial charge in [0.2, 0.25) is 0 Å². The summed E-state index contributed by atoms with van der Waals surface area (Å²) in [5, 5.41) is 15.7. The number of hydrogen-bond donors (Lipinski definition) is 2. The number of hydrogen-bond acceptors (Lipinski definition) is 5. The van der Waals surface area contributed by atoms with Crippen LogP contribution in [0, 0.1) is 0 Å². The SMILES string of the molecule is CCCc1nn(C)c(NCc2nncn2CC)c1N. The van der Waals surface area contributed by atoms with Gasteiger partial charge in [-0.2, -0.15) is 5.10 Å². The second-order valence-electron chi connectivity index (χ2n) is 4.47. The maximum absolute atomic E-state index is 6.11. The van der Waals surface area contributed by atoms with E-state index in [4.69, 9.17) is 5.73 Å². The van der Waals surface area contributed by atoms with Gasteiger partial charge in [-0.05, 0) is 13.3 Å². The van der Waals surface area contributed by atoms with E-state index in [-0.39, 0.29) is 0 Å². The van der Waals surface area contributed by atoms with Crippen molar-refractivity contribution in [1.29, 1.82) is 0 Å². The van der Waals surface area contributed by atoms with Crippen LogP contribution < -0.4 is 11.1 Å². The predicted molar refractivity (Wildman–Crippen MR) is 74.6 cm³/mol. The Morgan fingerprint density at radius 1 is 1.37 bits per heavy atom. The molecule has 0 radical (unpaired) electrons. The van der Waals surface area contributed by atoms with Crippen LogP contribution in [-0.4, -0.2) is 24.5 Å². The van der Waals surface area contributed by atoms with Gasteiger partial charge in [0, 0.05) is 13.6 Å². The molecule has 19 heavy (non-hydrogen) atoms. The van der Waals surface area contributed by atoms with Crippen molar-refractivity contribution in [1.82, 2.24) is 24.5 Å². The van der Waals surface area contributed by atoms with Gasteiger partial charge in [0.15, 0.2) is 5.82 Å². The highest BCUT2D eigenvalue weighted by Gasteiger charge is 2.13. The fourth-order valence-electron chi connectivity index (χ4n) is 2.07. The zero-order valence-corrected chi connectivity index (χ0v) is 11.7. The zero-order valence-electron chi connectivity index (χ0n) is 11.7. The van der Waals surface area contributed by atoms with Crippen molar-refractivity contribution in [2.75, 3.05) is 11.1 Å². The van der Waals surface area contributed by atoms with Gasteiger partial charge in [-0.25, -0.2) is 0 Å². The smallest absolute Gasteiger partial charge is 0.152 e. The Balaban J connectivity index is 2.11. The second kappa shape index (κ2) is 5.73. The highest BCUT2D eigenvalue weighted by Crippen LogP contribution is 2.23. The van der Waals surface area contributed by atoms with E-state index in [0.29, 0.717) is 6.54 Å². The highest BCUT2D eigenvalue weighted by atomic mass is 15.3. The Morgan fingerprint density at radius 3 is 2.84 bits per heavy atom. The molecule has 3 N–H and O–H groups in total. The number of nitrogen functional groups attached to an aromatic ring is 1. The van der Waals surface area contributed by atoms with E-state index in [2.05, 4.69) is 34.5 Å². The molecule has 0 aromatic carbocycles. The van der Waals surface area contributed by atoms with E-state index in [9.17, 15) is 0 Å². The largest absolute Gasteiger partial charge is 0.394 e. The number of nitrogens with one attached hydrogen (secondary N) is 1. The summed E-state index contributed by atoms with van der Waals surface area (Å²) in [6, 6.07) is 0. The van der Waals surface area contributed by atoms with Crippen molar-refractivity contribution >= 4 is 11.5 Å². The molecule has 2 aromatic heterocycles. The Kier molecular flexibility index (Phi) is 4.03. The molecule has 104 valence electrons. The lowest BCUT2D eigenvalue weighted by Crippen LogP contribution is -2.11. The number of nitrogens with two attached hydrogens (primary N) is 1. The van der Waals surface area contributed by atoms with Crippen LogP contribution in [0.3, 0.4) is 0 Å². The highest BCUT2D eigenvalue weighted by molar-refractivity contribution is 5.64. The molecule has 0 saturated carbocycles. The Morgan fingerprint density at radius 2 is 2.16 bits per heavy atom. The first-order chi connectivity index (χ1) is 9.17. The number of nitrogens with zero attached hydrogens (tertiary/aromatic N) is 5. The Hall–Kier alpha value is -2.05. The summed E-state index contributed by atoms with van der Waals surface area (Å²) in [7, 11) is 1.89. The molecule has 0 atom stereocenters. The van der Waals surface area contributed by atoms with Gasteiger partial charge < -0.3 is 15.6 Å². The summed E-state index contributed by atoms with van der Waals surface area (Å²) < 4.78 is 3.78. The molecule has 0 fully saturated rings. The van der Waals surface area contributed by atoms with Crippen LogP contribution in [0.25, 0.3) is 0 Å². The van der Waals surface area contributed by atoms with Gasteiger partial charge in [0.1, 0.15) is 12.1 Å². The molecule has 0 aliphatic rings. The predicted octanol–water partition coefficient (Wildman–Crippen LogP) is 1.18.